The summed E-state index contributed by atoms with van der Waals surface area (Å²) in [4.78, 5) is 10.6. The third kappa shape index (κ3) is 5.89. The topological polar surface area (TPSA) is 26.3 Å². The summed E-state index contributed by atoms with van der Waals surface area (Å²) in [5, 5.41) is 0. The van der Waals surface area contributed by atoms with E-state index < -0.39 is 0 Å². The number of ether oxygens (including phenoxy) is 1. The van der Waals surface area contributed by atoms with E-state index in [0.717, 1.165) is 12.8 Å². The third-order valence-corrected chi connectivity index (χ3v) is 1.53. The largest absolute Gasteiger partial charge is 0.465 e. The van der Waals surface area contributed by atoms with Crippen LogP contribution >= 0.6 is 0 Å². The van der Waals surface area contributed by atoms with Crippen molar-refractivity contribution in [3.63, 3.8) is 0 Å². The Hall–Kier alpha value is -0.530. The van der Waals surface area contributed by atoms with Gasteiger partial charge in [0.15, 0.2) is 0 Å². The fourth-order valence-electron chi connectivity index (χ4n) is 0.884. The van der Waals surface area contributed by atoms with Gasteiger partial charge in [-0.15, -0.1) is 0 Å². The van der Waals surface area contributed by atoms with Gasteiger partial charge in [0, 0.05) is 0 Å². The Kier molecular flexibility index (Phi) is 5.90. The smallest absolute Gasteiger partial charge is 0.309 e. The zero-order valence-corrected chi connectivity index (χ0v) is 7.59. The number of esters is 1. The number of carbonyl (C=O) groups is 1. The second-order valence-corrected chi connectivity index (χ2v) is 2.81. The second kappa shape index (κ2) is 6.20. The molecule has 0 N–H and O–H groups in total. The molecule has 1 atom stereocenters. The molecule has 0 aliphatic heterocycles. The van der Waals surface area contributed by atoms with Crippen LogP contribution in [0.2, 0.25) is 0 Å². The van der Waals surface area contributed by atoms with Crippen LogP contribution in [0.4, 0.5) is 0 Å². The highest BCUT2D eigenvalue weighted by Crippen LogP contribution is 2.05. The Balaban J connectivity index is 3.29. The Morgan fingerprint density at radius 1 is 1.64 bits per heavy atom. The summed E-state index contributed by atoms with van der Waals surface area (Å²) in [7, 11) is 0. The molecule has 0 spiro atoms. The summed E-state index contributed by atoms with van der Waals surface area (Å²) in [6, 6.07) is 0. The Morgan fingerprint density at radius 3 is 2.73 bits per heavy atom. The van der Waals surface area contributed by atoms with Crippen LogP contribution < -0.4 is 0 Å². The molecular formula is C9H17O2. The highest BCUT2D eigenvalue weighted by molar-refractivity contribution is 5.78. The van der Waals surface area contributed by atoms with E-state index in [1.165, 1.54) is 6.42 Å². The molecule has 0 heterocycles. The first-order chi connectivity index (χ1) is 5.20. The molecule has 0 aromatic rings. The molecule has 0 aliphatic rings. The molecule has 0 aromatic heterocycles. The molecule has 0 aromatic carbocycles. The molecule has 0 bridgehead atoms. The maximum Gasteiger partial charge on any atom is 0.309 e. The summed E-state index contributed by atoms with van der Waals surface area (Å²) >= 11 is 0. The van der Waals surface area contributed by atoms with E-state index in [4.69, 9.17) is 4.74 Å². The molecule has 0 aliphatic carbocycles. The maximum atomic E-state index is 10.6. The van der Waals surface area contributed by atoms with E-state index in [-0.39, 0.29) is 5.97 Å². The number of hydrogen-bond acceptors (Lipinski definition) is 2. The highest BCUT2D eigenvalue weighted by Gasteiger charge is 2.03. The van der Waals surface area contributed by atoms with Crippen molar-refractivity contribution >= 4 is 5.97 Å². The van der Waals surface area contributed by atoms with E-state index in [2.05, 4.69) is 13.8 Å². The summed E-state index contributed by atoms with van der Waals surface area (Å²) in [6.45, 7) is 6.46. The van der Waals surface area contributed by atoms with Gasteiger partial charge in [0.25, 0.3) is 0 Å². The molecule has 0 saturated carbocycles. The third-order valence-electron chi connectivity index (χ3n) is 1.53. The van der Waals surface area contributed by atoms with Crippen molar-refractivity contribution in [3.05, 3.63) is 6.42 Å². The lowest BCUT2D eigenvalue weighted by molar-refractivity contribution is -0.140. The molecule has 65 valence electrons. The van der Waals surface area contributed by atoms with Crippen LogP contribution in [0.15, 0.2) is 0 Å². The molecular weight excluding hydrogens is 140 g/mol. The summed E-state index contributed by atoms with van der Waals surface area (Å²) < 4.78 is 4.91. The lowest BCUT2D eigenvalue weighted by atomic mass is 10.1. The Bertz CT molecular complexity index is 110. The van der Waals surface area contributed by atoms with E-state index in [1.807, 2.05) is 0 Å². The van der Waals surface area contributed by atoms with Gasteiger partial charge in [-0.1, -0.05) is 27.2 Å². The zero-order valence-electron chi connectivity index (χ0n) is 7.59. The minimum atomic E-state index is -0.215. The van der Waals surface area contributed by atoms with Crippen molar-refractivity contribution < 1.29 is 9.53 Å². The Labute approximate surface area is 68.9 Å². The fraction of sp³-hybridized carbons (Fsp3) is 0.778. The predicted octanol–water partition coefficient (Wildman–Crippen LogP) is 2.19. The molecule has 1 unspecified atom stereocenters. The number of hydrogen-bond donors (Lipinski definition) is 0. The molecule has 11 heavy (non-hydrogen) atoms. The summed E-state index contributed by atoms with van der Waals surface area (Å²) in [6.07, 6.45) is 3.71. The number of rotatable bonds is 5. The van der Waals surface area contributed by atoms with Crippen molar-refractivity contribution in [2.24, 2.45) is 5.92 Å². The van der Waals surface area contributed by atoms with Gasteiger partial charge in [-0.25, -0.2) is 0 Å². The Morgan fingerprint density at radius 2 is 2.27 bits per heavy atom. The molecule has 2 nitrogen and oxygen atoms in total. The zero-order chi connectivity index (χ0) is 8.69. The van der Waals surface area contributed by atoms with Crippen LogP contribution in [-0.4, -0.2) is 12.6 Å². The normalized spacial score (nSPS) is 12.6. The van der Waals surface area contributed by atoms with Gasteiger partial charge in [0.1, 0.15) is 0 Å². The maximum absolute atomic E-state index is 10.6. The molecule has 0 fully saturated rings. The fourth-order valence-corrected chi connectivity index (χ4v) is 0.884. The standard InChI is InChI=1S/C9H17O2/c1-4-6-8(3)7-11-9(10)5-2/h5,8H,4,6-7H2,1-3H3. The summed E-state index contributed by atoms with van der Waals surface area (Å²) in [5.74, 6) is 0.275. The minimum Gasteiger partial charge on any atom is -0.465 e. The van der Waals surface area contributed by atoms with Crippen LogP contribution in [-0.2, 0) is 9.53 Å². The molecule has 0 saturated heterocycles. The van der Waals surface area contributed by atoms with Crippen molar-refractivity contribution in [1.29, 1.82) is 0 Å². The quantitative estimate of drug-likeness (QED) is 0.572. The van der Waals surface area contributed by atoms with Crippen molar-refractivity contribution in [3.8, 4) is 0 Å². The minimum absolute atomic E-state index is 0.215. The van der Waals surface area contributed by atoms with Gasteiger partial charge in [-0.3, -0.25) is 4.79 Å². The molecule has 0 amide bonds. The van der Waals surface area contributed by atoms with Gasteiger partial charge in [-0.2, -0.15) is 0 Å². The number of carbonyl (C=O) groups excluding carboxylic acids is 1. The van der Waals surface area contributed by atoms with E-state index in [0.29, 0.717) is 12.5 Å². The van der Waals surface area contributed by atoms with E-state index in [1.54, 1.807) is 6.92 Å². The van der Waals surface area contributed by atoms with Crippen LogP contribution in [0, 0.1) is 12.3 Å². The van der Waals surface area contributed by atoms with Gasteiger partial charge < -0.3 is 4.74 Å². The predicted molar refractivity (Wildman–Crippen MR) is 45.0 cm³/mol. The van der Waals surface area contributed by atoms with Crippen molar-refractivity contribution in [2.45, 2.75) is 33.6 Å². The highest BCUT2D eigenvalue weighted by atomic mass is 16.5. The summed E-state index contributed by atoms with van der Waals surface area (Å²) in [5.41, 5.74) is 0. The van der Waals surface area contributed by atoms with Gasteiger partial charge in [0.05, 0.1) is 13.0 Å². The van der Waals surface area contributed by atoms with Crippen molar-refractivity contribution in [2.75, 3.05) is 6.61 Å². The van der Waals surface area contributed by atoms with E-state index >= 15 is 0 Å². The van der Waals surface area contributed by atoms with E-state index in [9.17, 15) is 4.79 Å². The molecule has 0 rings (SSSR count). The average Bonchev–Trinajstić information content (AvgIpc) is 2.01. The SMILES string of the molecule is C[CH]C(=O)OCC(C)CCC. The lowest BCUT2D eigenvalue weighted by Gasteiger charge is -2.09. The first kappa shape index (κ1) is 10.5. The average molecular weight is 157 g/mol. The second-order valence-electron chi connectivity index (χ2n) is 2.81. The first-order valence-electron chi connectivity index (χ1n) is 4.16. The van der Waals surface area contributed by atoms with Crippen LogP contribution in [0.3, 0.4) is 0 Å². The van der Waals surface area contributed by atoms with Gasteiger partial charge >= 0.3 is 5.97 Å². The van der Waals surface area contributed by atoms with Crippen LogP contribution in [0.25, 0.3) is 0 Å². The first-order valence-corrected chi connectivity index (χ1v) is 4.16. The van der Waals surface area contributed by atoms with Crippen LogP contribution in [0.1, 0.15) is 33.6 Å². The molecule has 2 heteroatoms. The van der Waals surface area contributed by atoms with Gasteiger partial charge in [-0.05, 0) is 12.3 Å². The van der Waals surface area contributed by atoms with Crippen molar-refractivity contribution in [1.82, 2.24) is 0 Å². The van der Waals surface area contributed by atoms with Crippen LogP contribution in [0.5, 0.6) is 0 Å². The lowest BCUT2D eigenvalue weighted by Crippen LogP contribution is -2.10. The van der Waals surface area contributed by atoms with Gasteiger partial charge in [0.2, 0.25) is 0 Å². The monoisotopic (exact) mass is 157 g/mol. The molecule has 1 radical (unpaired) electrons.